The minimum Gasteiger partial charge on any atom is -0.491 e. The number of hydrogen-bond acceptors (Lipinski definition) is 6. The Kier molecular flexibility index (Phi) is 5.09. The van der Waals surface area contributed by atoms with E-state index in [4.69, 9.17) is 16.2 Å². The topological polar surface area (TPSA) is 103 Å². The zero-order valence-corrected chi connectivity index (χ0v) is 16.4. The van der Waals surface area contributed by atoms with E-state index >= 15 is 0 Å². The van der Waals surface area contributed by atoms with Crippen molar-refractivity contribution in [1.29, 1.82) is 0 Å². The number of benzene rings is 1. The van der Waals surface area contributed by atoms with Crippen molar-refractivity contribution in [3.05, 3.63) is 42.2 Å². The second-order valence-electron chi connectivity index (χ2n) is 7.80. The third kappa shape index (κ3) is 3.75. The van der Waals surface area contributed by atoms with E-state index in [1.54, 1.807) is 10.7 Å². The van der Waals surface area contributed by atoms with Crippen LogP contribution in [-0.2, 0) is 0 Å². The molecule has 0 unspecified atom stereocenters. The molecule has 2 aromatic heterocycles. The number of nitrogens with one attached hydrogen (secondary N) is 1. The van der Waals surface area contributed by atoms with E-state index in [9.17, 15) is 0 Å². The molecule has 7 nitrogen and oxygen atoms in total. The van der Waals surface area contributed by atoms with Crippen LogP contribution in [0, 0.1) is 0 Å². The summed E-state index contributed by atoms with van der Waals surface area (Å²) >= 11 is 0. The van der Waals surface area contributed by atoms with Crippen molar-refractivity contribution < 1.29 is 4.74 Å². The number of anilines is 3. The van der Waals surface area contributed by atoms with Crippen molar-refractivity contribution in [3.63, 3.8) is 0 Å². The van der Waals surface area contributed by atoms with E-state index in [1.807, 2.05) is 44.3 Å². The van der Waals surface area contributed by atoms with Gasteiger partial charge >= 0.3 is 0 Å². The van der Waals surface area contributed by atoms with E-state index in [0.717, 1.165) is 54.0 Å². The molecule has 4 rings (SSSR count). The average molecular weight is 380 g/mol. The molecule has 3 aromatic rings. The summed E-state index contributed by atoms with van der Waals surface area (Å²) in [5.41, 5.74) is 16.2. The van der Waals surface area contributed by atoms with Gasteiger partial charge in [0.25, 0.3) is 0 Å². The number of rotatable bonds is 5. The van der Waals surface area contributed by atoms with Crippen LogP contribution in [0.3, 0.4) is 0 Å². The van der Waals surface area contributed by atoms with E-state index in [2.05, 4.69) is 15.4 Å². The van der Waals surface area contributed by atoms with Crippen LogP contribution in [0.5, 0.6) is 5.75 Å². The van der Waals surface area contributed by atoms with Crippen LogP contribution < -0.4 is 21.5 Å². The molecular weight excluding hydrogens is 352 g/mol. The van der Waals surface area contributed by atoms with Crippen molar-refractivity contribution in [1.82, 2.24) is 14.6 Å². The lowest BCUT2D eigenvalue weighted by atomic mass is 9.81. The second kappa shape index (κ2) is 7.67. The molecule has 1 aliphatic carbocycles. The van der Waals surface area contributed by atoms with Crippen LogP contribution >= 0.6 is 0 Å². The molecule has 0 amide bonds. The maximum absolute atomic E-state index is 6.41. The highest BCUT2D eigenvalue weighted by Gasteiger charge is 2.27. The number of hydrogen-bond donors (Lipinski definition) is 3. The quantitative estimate of drug-likeness (QED) is 0.621. The Balaban J connectivity index is 1.75. The number of nitrogens with two attached hydrogens (primary N) is 2. The van der Waals surface area contributed by atoms with E-state index in [1.165, 1.54) is 0 Å². The summed E-state index contributed by atoms with van der Waals surface area (Å²) < 4.78 is 7.56. The molecule has 28 heavy (non-hydrogen) atoms. The van der Waals surface area contributed by atoms with E-state index < -0.39 is 0 Å². The molecule has 2 heterocycles. The molecule has 1 aromatic carbocycles. The zero-order chi connectivity index (χ0) is 19.7. The van der Waals surface area contributed by atoms with Gasteiger partial charge in [0.15, 0.2) is 5.65 Å². The summed E-state index contributed by atoms with van der Waals surface area (Å²) in [6.45, 7) is 4.03. The predicted molar refractivity (Wildman–Crippen MR) is 112 cm³/mol. The lowest BCUT2D eigenvalue weighted by Gasteiger charge is -2.28. The predicted octanol–water partition coefficient (Wildman–Crippen LogP) is 3.83. The summed E-state index contributed by atoms with van der Waals surface area (Å²) in [5.74, 6) is 1.70. The minimum absolute atomic E-state index is 0.118. The first-order chi connectivity index (χ1) is 13.5. The zero-order valence-electron chi connectivity index (χ0n) is 16.4. The number of fused-ring (bicyclic) bond motifs is 1. The van der Waals surface area contributed by atoms with Gasteiger partial charge in [-0.2, -0.15) is 0 Å². The Hall–Kier alpha value is -2.80. The van der Waals surface area contributed by atoms with Crippen LogP contribution in [0.15, 0.2) is 36.7 Å². The number of nitrogen functional groups attached to an aromatic ring is 1. The fourth-order valence-electron chi connectivity index (χ4n) is 3.98. The highest BCUT2D eigenvalue weighted by Crippen LogP contribution is 2.41. The number of aromatic nitrogens is 3. The normalized spacial score (nSPS) is 19.9. The molecule has 148 valence electrons. The molecule has 0 spiro atoms. The number of nitrogens with zero attached hydrogens (tertiary/aromatic N) is 3. The monoisotopic (exact) mass is 380 g/mol. The van der Waals surface area contributed by atoms with Crippen LogP contribution in [0.4, 0.5) is 17.2 Å². The van der Waals surface area contributed by atoms with Gasteiger partial charge in [-0.25, -0.2) is 9.50 Å². The first kappa shape index (κ1) is 18.6. The molecular formula is C21H28N6O. The molecule has 0 saturated heterocycles. The molecule has 0 radical (unpaired) electrons. The van der Waals surface area contributed by atoms with Crippen LogP contribution in [0.25, 0.3) is 5.65 Å². The smallest absolute Gasteiger partial charge is 0.177 e. The van der Waals surface area contributed by atoms with Crippen molar-refractivity contribution >= 4 is 22.8 Å². The fraction of sp³-hybridized carbons (Fsp3) is 0.429. The van der Waals surface area contributed by atoms with E-state index in [0.29, 0.717) is 11.7 Å². The maximum Gasteiger partial charge on any atom is 0.177 e. The van der Waals surface area contributed by atoms with Gasteiger partial charge in [0, 0.05) is 35.8 Å². The van der Waals surface area contributed by atoms with Gasteiger partial charge in [-0.05, 0) is 57.6 Å². The summed E-state index contributed by atoms with van der Waals surface area (Å²) in [6, 6.07) is 8.23. The Morgan fingerprint density at radius 3 is 2.75 bits per heavy atom. The van der Waals surface area contributed by atoms with Gasteiger partial charge in [0.2, 0.25) is 0 Å². The lowest BCUT2D eigenvalue weighted by Crippen LogP contribution is -2.26. The minimum atomic E-state index is 0.118. The first-order valence-electron chi connectivity index (χ1n) is 9.93. The van der Waals surface area contributed by atoms with Gasteiger partial charge < -0.3 is 21.5 Å². The Labute approximate surface area is 165 Å². The van der Waals surface area contributed by atoms with Gasteiger partial charge in [-0.3, -0.25) is 0 Å². The second-order valence-corrected chi connectivity index (χ2v) is 7.80. The van der Waals surface area contributed by atoms with Crippen LogP contribution in [0.1, 0.15) is 51.0 Å². The van der Waals surface area contributed by atoms with Gasteiger partial charge in [-0.1, -0.05) is 6.07 Å². The summed E-state index contributed by atoms with van der Waals surface area (Å²) in [6.07, 6.45) is 7.70. The van der Waals surface area contributed by atoms with Crippen molar-refractivity contribution in [2.45, 2.75) is 57.6 Å². The summed E-state index contributed by atoms with van der Waals surface area (Å²) in [4.78, 5) is 4.52. The van der Waals surface area contributed by atoms with Gasteiger partial charge in [-0.15, -0.1) is 5.10 Å². The van der Waals surface area contributed by atoms with Crippen molar-refractivity contribution in [3.8, 4) is 5.75 Å². The Morgan fingerprint density at radius 1 is 1.21 bits per heavy atom. The molecule has 0 atom stereocenters. The average Bonchev–Trinajstić information content (AvgIpc) is 3.11. The van der Waals surface area contributed by atoms with Gasteiger partial charge in [0.05, 0.1) is 11.8 Å². The number of imidazole rings is 1. The van der Waals surface area contributed by atoms with E-state index in [-0.39, 0.29) is 12.1 Å². The summed E-state index contributed by atoms with van der Waals surface area (Å²) in [5, 5.41) is 8.08. The maximum atomic E-state index is 6.41. The molecule has 1 saturated carbocycles. The van der Waals surface area contributed by atoms with Crippen LogP contribution in [0.2, 0.25) is 0 Å². The Morgan fingerprint density at radius 2 is 2.00 bits per heavy atom. The van der Waals surface area contributed by atoms with Crippen molar-refractivity contribution in [2.75, 3.05) is 11.1 Å². The largest absolute Gasteiger partial charge is 0.491 e. The number of ether oxygens (including phenoxy) is 1. The fourth-order valence-corrected chi connectivity index (χ4v) is 3.98. The van der Waals surface area contributed by atoms with Gasteiger partial charge in [0.1, 0.15) is 11.6 Å². The molecule has 7 heteroatoms. The highest BCUT2D eigenvalue weighted by atomic mass is 16.5. The lowest BCUT2D eigenvalue weighted by molar-refractivity contribution is 0.242. The first-order valence-corrected chi connectivity index (χ1v) is 9.93. The molecule has 1 fully saturated rings. The third-order valence-corrected chi connectivity index (χ3v) is 5.26. The SMILES string of the molecule is CC(C)Oc1cccc(Nc2c(C3CCC(N)CC3)c(N)nn3ccnc23)c1. The highest BCUT2D eigenvalue weighted by molar-refractivity contribution is 5.81. The molecule has 0 bridgehead atoms. The van der Waals surface area contributed by atoms with Crippen molar-refractivity contribution in [2.24, 2.45) is 5.73 Å². The molecule has 5 N–H and O–H groups in total. The Bertz CT molecular complexity index is 959. The molecule has 0 aliphatic heterocycles. The third-order valence-electron chi connectivity index (χ3n) is 5.26. The standard InChI is InChI=1S/C21H28N6O/c1-13(2)28-17-5-3-4-16(12-17)25-19-18(14-6-8-15(22)9-7-14)20(23)26-27-11-10-24-21(19)27/h3-5,10-15,25H,6-9,22H2,1-2H3,(H2,23,26). The van der Waals surface area contributed by atoms with Crippen LogP contribution in [-0.4, -0.2) is 26.7 Å². The molecule has 1 aliphatic rings. The summed E-state index contributed by atoms with van der Waals surface area (Å²) in [7, 11) is 0.